The quantitative estimate of drug-likeness (QED) is 0.389. The molecule has 1 aromatic carbocycles. The summed E-state index contributed by atoms with van der Waals surface area (Å²) >= 11 is 0. The molecule has 0 amide bonds. The number of aliphatic hydroxyl groups is 1. The molecule has 0 aliphatic carbocycles. The van der Waals surface area contributed by atoms with E-state index >= 15 is 0 Å². The Kier molecular flexibility index (Phi) is 4.69. The van der Waals surface area contributed by atoms with Gasteiger partial charge in [0.2, 0.25) is 0 Å². The van der Waals surface area contributed by atoms with Gasteiger partial charge in [0.1, 0.15) is 11.5 Å². The molecule has 0 aliphatic rings. The van der Waals surface area contributed by atoms with Crippen molar-refractivity contribution in [3.8, 4) is 5.75 Å². The van der Waals surface area contributed by atoms with Gasteiger partial charge in [-0.1, -0.05) is 6.07 Å². The van der Waals surface area contributed by atoms with E-state index in [-0.39, 0.29) is 5.76 Å². The van der Waals surface area contributed by atoms with Crippen molar-refractivity contribution in [2.75, 3.05) is 14.2 Å². The Hall–Kier alpha value is -2.30. The fourth-order valence-electron chi connectivity index (χ4n) is 1.78. The molecule has 0 fully saturated rings. The third-order valence-electron chi connectivity index (χ3n) is 2.55. The Labute approximate surface area is 111 Å². The lowest BCUT2D eigenvalue weighted by Crippen LogP contribution is -2.13. The van der Waals surface area contributed by atoms with Crippen LogP contribution in [0.4, 0.5) is 0 Å². The van der Waals surface area contributed by atoms with Gasteiger partial charge in [0.15, 0.2) is 0 Å². The number of methoxy groups -OCH3 is 2. The molecule has 0 saturated carbocycles. The maximum absolute atomic E-state index is 11.4. The normalized spacial score (nSPS) is 11.1. The van der Waals surface area contributed by atoms with Gasteiger partial charge in [0.05, 0.1) is 19.8 Å². The van der Waals surface area contributed by atoms with Crippen LogP contribution in [0.5, 0.6) is 5.75 Å². The first-order valence-corrected chi connectivity index (χ1v) is 5.59. The largest absolute Gasteiger partial charge is 0.507 e. The first-order chi connectivity index (χ1) is 8.90. The molecule has 19 heavy (non-hydrogen) atoms. The van der Waals surface area contributed by atoms with E-state index in [2.05, 4.69) is 4.74 Å². The number of ketones is 1. The molecule has 0 spiro atoms. The Morgan fingerprint density at radius 2 is 1.84 bits per heavy atom. The third kappa shape index (κ3) is 3.34. The van der Waals surface area contributed by atoms with Crippen LogP contribution in [0, 0.1) is 13.8 Å². The average molecular weight is 264 g/mol. The molecular weight excluding hydrogens is 248 g/mol. The topological polar surface area (TPSA) is 72.8 Å². The van der Waals surface area contributed by atoms with Gasteiger partial charge in [-0.15, -0.1) is 0 Å². The summed E-state index contributed by atoms with van der Waals surface area (Å²) < 4.78 is 9.47. The van der Waals surface area contributed by atoms with Crippen LogP contribution in [-0.4, -0.2) is 31.1 Å². The van der Waals surface area contributed by atoms with Crippen molar-refractivity contribution >= 4 is 17.5 Å². The number of carbonyl (C=O) groups excluding carboxylic acids is 2. The lowest BCUT2D eigenvalue weighted by atomic mass is 10.0. The summed E-state index contributed by atoms with van der Waals surface area (Å²) in [6, 6.07) is 3.56. The van der Waals surface area contributed by atoms with E-state index in [0.717, 1.165) is 24.3 Å². The fourth-order valence-corrected chi connectivity index (χ4v) is 1.78. The van der Waals surface area contributed by atoms with Crippen LogP contribution < -0.4 is 4.74 Å². The van der Waals surface area contributed by atoms with Crippen molar-refractivity contribution in [2.24, 2.45) is 0 Å². The van der Waals surface area contributed by atoms with E-state index in [1.807, 2.05) is 19.9 Å². The van der Waals surface area contributed by atoms with Gasteiger partial charge in [-0.05, 0) is 31.0 Å². The smallest absolute Gasteiger partial charge is 0.378 e. The molecule has 0 aliphatic heterocycles. The molecule has 0 saturated heterocycles. The van der Waals surface area contributed by atoms with Crippen molar-refractivity contribution in [3.63, 3.8) is 0 Å². The number of ether oxygens (including phenoxy) is 2. The van der Waals surface area contributed by atoms with Gasteiger partial charge < -0.3 is 14.6 Å². The zero-order valence-electron chi connectivity index (χ0n) is 11.3. The van der Waals surface area contributed by atoms with Gasteiger partial charge in [-0.3, -0.25) is 4.79 Å². The van der Waals surface area contributed by atoms with Crippen LogP contribution in [0.1, 0.15) is 16.7 Å². The maximum Gasteiger partial charge on any atom is 0.378 e. The first-order valence-electron chi connectivity index (χ1n) is 5.59. The molecule has 102 valence electrons. The highest BCUT2D eigenvalue weighted by Gasteiger charge is 2.16. The summed E-state index contributed by atoms with van der Waals surface area (Å²) in [6.45, 7) is 3.68. The van der Waals surface area contributed by atoms with E-state index < -0.39 is 11.8 Å². The molecule has 0 aromatic heterocycles. The highest BCUT2D eigenvalue weighted by molar-refractivity contribution is 6.39. The first kappa shape index (κ1) is 14.8. The van der Waals surface area contributed by atoms with E-state index in [0.29, 0.717) is 11.3 Å². The minimum atomic E-state index is -1.03. The van der Waals surface area contributed by atoms with Crippen LogP contribution in [-0.2, 0) is 14.3 Å². The number of rotatable bonds is 4. The number of aliphatic hydroxyl groups excluding tert-OH is 1. The summed E-state index contributed by atoms with van der Waals surface area (Å²) in [7, 11) is 2.57. The van der Waals surface area contributed by atoms with Crippen LogP contribution in [0.25, 0.3) is 5.76 Å². The minimum Gasteiger partial charge on any atom is -0.507 e. The standard InChI is InChI=1S/C14H16O5/c1-8-5-9(2)13(18-3)10(6-8)11(15)7-12(16)14(17)19-4/h5-7,15H,1-4H3/b11-7-. The predicted octanol–water partition coefficient (Wildman–Crippen LogP) is 1.95. The highest BCUT2D eigenvalue weighted by Crippen LogP contribution is 2.29. The van der Waals surface area contributed by atoms with Gasteiger partial charge in [0.25, 0.3) is 5.78 Å². The summed E-state index contributed by atoms with van der Waals surface area (Å²) in [4.78, 5) is 22.4. The second-order valence-electron chi connectivity index (χ2n) is 4.05. The van der Waals surface area contributed by atoms with Crippen molar-refractivity contribution in [1.82, 2.24) is 0 Å². The minimum absolute atomic E-state index is 0.334. The average Bonchev–Trinajstić information content (AvgIpc) is 2.36. The molecule has 0 radical (unpaired) electrons. The molecule has 5 nitrogen and oxygen atoms in total. The molecule has 0 atom stereocenters. The van der Waals surface area contributed by atoms with Gasteiger partial charge in [0, 0.05) is 6.08 Å². The highest BCUT2D eigenvalue weighted by atomic mass is 16.5. The summed E-state index contributed by atoms with van der Waals surface area (Å²) in [5.41, 5.74) is 2.08. The fraction of sp³-hybridized carbons (Fsp3) is 0.286. The van der Waals surface area contributed by atoms with Gasteiger partial charge in [-0.2, -0.15) is 0 Å². The number of esters is 1. The third-order valence-corrected chi connectivity index (χ3v) is 2.55. The Morgan fingerprint density at radius 1 is 1.21 bits per heavy atom. The molecule has 1 N–H and O–H groups in total. The Morgan fingerprint density at radius 3 is 2.37 bits per heavy atom. The van der Waals surface area contributed by atoms with Gasteiger partial charge >= 0.3 is 5.97 Å². The van der Waals surface area contributed by atoms with Crippen LogP contribution in [0.2, 0.25) is 0 Å². The van der Waals surface area contributed by atoms with Gasteiger partial charge in [-0.25, -0.2) is 4.79 Å². The summed E-state index contributed by atoms with van der Waals surface area (Å²) in [6.07, 6.45) is 0.822. The molecule has 1 rings (SSSR count). The Bertz CT molecular complexity index is 543. The molecule has 0 heterocycles. The number of carbonyl (C=O) groups is 2. The number of benzene rings is 1. The molecule has 1 aromatic rings. The zero-order chi connectivity index (χ0) is 14.6. The van der Waals surface area contributed by atoms with E-state index in [1.54, 1.807) is 6.07 Å². The van der Waals surface area contributed by atoms with E-state index in [4.69, 9.17) is 4.74 Å². The van der Waals surface area contributed by atoms with E-state index in [1.165, 1.54) is 7.11 Å². The van der Waals surface area contributed by atoms with E-state index in [9.17, 15) is 14.7 Å². The molecule has 0 unspecified atom stereocenters. The second kappa shape index (κ2) is 6.04. The van der Waals surface area contributed by atoms with Crippen molar-refractivity contribution in [1.29, 1.82) is 0 Å². The number of hydrogen-bond acceptors (Lipinski definition) is 5. The molecule has 0 bridgehead atoms. The van der Waals surface area contributed by atoms with Crippen molar-refractivity contribution in [2.45, 2.75) is 13.8 Å². The van der Waals surface area contributed by atoms with Crippen LogP contribution in [0.3, 0.4) is 0 Å². The number of aryl methyl sites for hydroxylation is 2. The van der Waals surface area contributed by atoms with Crippen molar-refractivity contribution < 1.29 is 24.2 Å². The zero-order valence-corrected chi connectivity index (χ0v) is 11.3. The summed E-state index contributed by atoms with van der Waals surface area (Å²) in [5.74, 6) is -1.84. The van der Waals surface area contributed by atoms with Crippen LogP contribution >= 0.6 is 0 Å². The Balaban J connectivity index is 3.26. The second-order valence-corrected chi connectivity index (χ2v) is 4.05. The predicted molar refractivity (Wildman–Crippen MR) is 70.1 cm³/mol. The lowest BCUT2D eigenvalue weighted by molar-refractivity contribution is -0.149. The molecule has 5 heteroatoms. The number of hydrogen-bond donors (Lipinski definition) is 1. The lowest BCUT2D eigenvalue weighted by Gasteiger charge is -2.12. The summed E-state index contributed by atoms with van der Waals surface area (Å²) in [5, 5.41) is 9.95. The molecular formula is C14H16O5. The van der Waals surface area contributed by atoms with Crippen molar-refractivity contribution in [3.05, 3.63) is 34.9 Å². The SMILES string of the molecule is COC(=O)C(=O)/C=C(\O)c1cc(C)cc(C)c1OC. The monoisotopic (exact) mass is 264 g/mol. The maximum atomic E-state index is 11.4. The van der Waals surface area contributed by atoms with Crippen LogP contribution in [0.15, 0.2) is 18.2 Å².